The van der Waals surface area contributed by atoms with Gasteiger partial charge in [0.2, 0.25) is 0 Å². The van der Waals surface area contributed by atoms with Crippen LogP contribution in [0.5, 0.6) is 0 Å². The Kier molecular flexibility index (Phi) is 2.71. The second-order valence-electron chi connectivity index (χ2n) is 3.62. The fourth-order valence-electron chi connectivity index (χ4n) is 1.63. The molecule has 5 nitrogen and oxygen atoms in total. The Morgan fingerprint density at radius 3 is 1.94 bits per heavy atom. The molecule has 0 bridgehead atoms. The van der Waals surface area contributed by atoms with Crippen molar-refractivity contribution in [2.45, 2.75) is 0 Å². The molecule has 0 radical (unpaired) electrons. The fourth-order valence-corrected chi connectivity index (χ4v) is 1.63. The molecule has 86 valence electrons. The summed E-state index contributed by atoms with van der Waals surface area (Å²) in [5, 5.41) is 0. The molecule has 0 atom stereocenters. The third-order valence-electron chi connectivity index (χ3n) is 2.44. The molecule has 0 saturated heterocycles. The standard InChI is InChI=1S/C13H9N5/c1-3-10(12-15-5-2-6-16-12)7-11(4-1)13-17-8-14-9-18-13/h1-9H. The Labute approximate surface area is 104 Å². The van der Waals surface area contributed by atoms with E-state index in [1.165, 1.54) is 12.7 Å². The normalized spacial score (nSPS) is 10.2. The number of hydrogen-bond donors (Lipinski definition) is 0. The third kappa shape index (κ3) is 2.06. The summed E-state index contributed by atoms with van der Waals surface area (Å²) in [4.78, 5) is 20.5. The average Bonchev–Trinajstić information content (AvgIpc) is 2.49. The van der Waals surface area contributed by atoms with Gasteiger partial charge in [0, 0.05) is 23.5 Å². The highest BCUT2D eigenvalue weighted by molar-refractivity contribution is 5.65. The fraction of sp³-hybridized carbons (Fsp3) is 0. The van der Waals surface area contributed by atoms with E-state index < -0.39 is 0 Å². The molecule has 0 spiro atoms. The first-order chi connectivity index (χ1) is 8.93. The molecule has 0 aliphatic carbocycles. The molecule has 2 heterocycles. The second-order valence-corrected chi connectivity index (χ2v) is 3.62. The van der Waals surface area contributed by atoms with Gasteiger partial charge in [-0.3, -0.25) is 0 Å². The number of rotatable bonds is 2. The molecule has 5 heteroatoms. The van der Waals surface area contributed by atoms with Crippen molar-refractivity contribution in [2.75, 3.05) is 0 Å². The van der Waals surface area contributed by atoms with Crippen LogP contribution in [-0.2, 0) is 0 Å². The van der Waals surface area contributed by atoms with Crippen molar-refractivity contribution in [3.8, 4) is 22.8 Å². The molecule has 0 saturated carbocycles. The molecule has 0 fully saturated rings. The van der Waals surface area contributed by atoms with Crippen LogP contribution in [0.4, 0.5) is 0 Å². The largest absolute Gasteiger partial charge is 0.237 e. The lowest BCUT2D eigenvalue weighted by molar-refractivity contribution is 1.06. The Morgan fingerprint density at radius 1 is 0.667 bits per heavy atom. The van der Waals surface area contributed by atoms with Gasteiger partial charge in [-0.05, 0) is 12.1 Å². The van der Waals surface area contributed by atoms with E-state index in [0.29, 0.717) is 11.6 Å². The second kappa shape index (κ2) is 4.67. The van der Waals surface area contributed by atoms with E-state index in [4.69, 9.17) is 0 Å². The van der Waals surface area contributed by atoms with E-state index in [1.54, 1.807) is 18.5 Å². The summed E-state index contributed by atoms with van der Waals surface area (Å²) in [6, 6.07) is 9.59. The molecule has 2 aromatic heterocycles. The lowest BCUT2D eigenvalue weighted by Gasteiger charge is -2.02. The minimum atomic E-state index is 0.641. The third-order valence-corrected chi connectivity index (χ3v) is 2.44. The van der Waals surface area contributed by atoms with Gasteiger partial charge in [0.15, 0.2) is 11.6 Å². The van der Waals surface area contributed by atoms with E-state index in [1.807, 2.05) is 24.3 Å². The molecule has 3 rings (SSSR count). The smallest absolute Gasteiger partial charge is 0.162 e. The van der Waals surface area contributed by atoms with Gasteiger partial charge >= 0.3 is 0 Å². The molecule has 0 unspecified atom stereocenters. The van der Waals surface area contributed by atoms with Gasteiger partial charge in [-0.1, -0.05) is 18.2 Å². The summed E-state index contributed by atoms with van der Waals surface area (Å²) in [5.74, 6) is 1.33. The molecule has 0 aliphatic heterocycles. The van der Waals surface area contributed by atoms with Crippen molar-refractivity contribution < 1.29 is 0 Å². The number of nitrogens with zero attached hydrogens (tertiary/aromatic N) is 5. The van der Waals surface area contributed by atoms with Gasteiger partial charge in [-0.25, -0.2) is 24.9 Å². The lowest BCUT2D eigenvalue weighted by Crippen LogP contribution is -1.91. The maximum atomic E-state index is 4.22. The van der Waals surface area contributed by atoms with E-state index in [0.717, 1.165) is 11.1 Å². The highest BCUT2D eigenvalue weighted by Crippen LogP contribution is 2.20. The molecular formula is C13H9N5. The number of benzene rings is 1. The highest BCUT2D eigenvalue weighted by Gasteiger charge is 2.04. The van der Waals surface area contributed by atoms with Gasteiger partial charge in [0.1, 0.15) is 12.7 Å². The Bertz CT molecular complexity index is 585. The van der Waals surface area contributed by atoms with Crippen LogP contribution in [-0.4, -0.2) is 24.9 Å². The minimum Gasteiger partial charge on any atom is -0.237 e. The molecule has 0 aliphatic rings. The van der Waals surface area contributed by atoms with Gasteiger partial charge in [-0.2, -0.15) is 0 Å². The van der Waals surface area contributed by atoms with Gasteiger partial charge in [0.05, 0.1) is 0 Å². The van der Waals surface area contributed by atoms with E-state index in [2.05, 4.69) is 24.9 Å². The van der Waals surface area contributed by atoms with Crippen molar-refractivity contribution in [3.63, 3.8) is 0 Å². The molecule has 18 heavy (non-hydrogen) atoms. The zero-order valence-electron chi connectivity index (χ0n) is 9.43. The van der Waals surface area contributed by atoms with Crippen LogP contribution in [0.2, 0.25) is 0 Å². The van der Waals surface area contributed by atoms with Crippen molar-refractivity contribution >= 4 is 0 Å². The summed E-state index contributed by atoms with van der Waals surface area (Å²) >= 11 is 0. The van der Waals surface area contributed by atoms with E-state index in [9.17, 15) is 0 Å². The van der Waals surface area contributed by atoms with Crippen LogP contribution in [0.15, 0.2) is 55.4 Å². The van der Waals surface area contributed by atoms with Crippen molar-refractivity contribution in [1.82, 2.24) is 24.9 Å². The predicted molar refractivity (Wildman–Crippen MR) is 66.3 cm³/mol. The van der Waals surface area contributed by atoms with E-state index in [-0.39, 0.29) is 0 Å². The number of hydrogen-bond acceptors (Lipinski definition) is 5. The molecule has 0 amide bonds. The molecular weight excluding hydrogens is 226 g/mol. The Morgan fingerprint density at radius 2 is 1.28 bits per heavy atom. The van der Waals surface area contributed by atoms with Gasteiger partial charge in [-0.15, -0.1) is 0 Å². The van der Waals surface area contributed by atoms with Gasteiger partial charge in [0.25, 0.3) is 0 Å². The zero-order chi connectivity index (χ0) is 12.2. The van der Waals surface area contributed by atoms with Crippen LogP contribution >= 0.6 is 0 Å². The summed E-state index contributed by atoms with van der Waals surface area (Å²) in [5.41, 5.74) is 1.86. The average molecular weight is 235 g/mol. The number of aromatic nitrogens is 5. The van der Waals surface area contributed by atoms with Crippen LogP contribution < -0.4 is 0 Å². The molecule has 0 N–H and O–H groups in total. The van der Waals surface area contributed by atoms with Crippen molar-refractivity contribution in [2.24, 2.45) is 0 Å². The SMILES string of the molecule is c1cnc(-c2cccc(-c3ncncn3)c2)nc1. The Hall–Kier alpha value is -2.69. The zero-order valence-corrected chi connectivity index (χ0v) is 9.43. The molecule has 3 aromatic rings. The summed E-state index contributed by atoms with van der Waals surface area (Å²) < 4.78 is 0. The summed E-state index contributed by atoms with van der Waals surface area (Å²) in [6.07, 6.45) is 6.40. The summed E-state index contributed by atoms with van der Waals surface area (Å²) in [6.45, 7) is 0. The Balaban J connectivity index is 2.05. The van der Waals surface area contributed by atoms with Crippen LogP contribution in [0.25, 0.3) is 22.8 Å². The van der Waals surface area contributed by atoms with E-state index >= 15 is 0 Å². The molecule has 1 aromatic carbocycles. The summed E-state index contributed by atoms with van der Waals surface area (Å²) in [7, 11) is 0. The van der Waals surface area contributed by atoms with Crippen LogP contribution in [0.3, 0.4) is 0 Å². The minimum absolute atomic E-state index is 0.641. The quantitative estimate of drug-likeness (QED) is 0.679. The first-order valence-corrected chi connectivity index (χ1v) is 5.43. The van der Waals surface area contributed by atoms with Crippen LogP contribution in [0, 0.1) is 0 Å². The first-order valence-electron chi connectivity index (χ1n) is 5.43. The van der Waals surface area contributed by atoms with Crippen molar-refractivity contribution in [1.29, 1.82) is 0 Å². The first kappa shape index (κ1) is 10.5. The maximum Gasteiger partial charge on any atom is 0.162 e. The topological polar surface area (TPSA) is 64.5 Å². The lowest BCUT2D eigenvalue weighted by atomic mass is 10.1. The van der Waals surface area contributed by atoms with Crippen LogP contribution in [0.1, 0.15) is 0 Å². The predicted octanol–water partition coefficient (Wildman–Crippen LogP) is 2.00. The van der Waals surface area contributed by atoms with Gasteiger partial charge < -0.3 is 0 Å². The maximum absolute atomic E-state index is 4.22. The van der Waals surface area contributed by atoms with Crippen molar-refractivity contribution in [3.05, 3.63) is 55.4 Å². The highest BCUT2D eigenvalue weighted by atomic mass is 15.0. The monoisotopic (exact) mass is 235 g/mol.